The molecule has 0 bridgehead atoms. The predicted molar refractivity (Wildman–Crippen MR) is 105 cm³/mol. The molecule has 30 heavy (non-hydrogen) atoms. The first kappa shape index (κ1) is 21.5. The van der Waals surface area contributed by atoms with Gasteiger partial charge in [-0.3, -0.25) is 5.32 Å². The maximum Gasteiger partial charge on any atom is 0.573 e. The Morgan fingerprint density at radius 3 is 2.40 bits per heavy atom. The van der Waals surface area contributed by atoms with Crippen molar-refractivity contribution in [3.05, 3.63) is 71.0 Å². The molecule has 2 aromatic carbocycles. The second kappa shape index (κ2) is 9.09. The van der Waals surface area contributed by atoms with Crippen molar-refractivity contribution < 1.29 is 27.1 Å². The number of hydrogen-bond donors (Lipinski definition) is 3. The highest BCUT2D eigenvalue weighted by atomic mass is 32.1. The summed E-state index contributed by atoms with van der Waals surface area (Å²) in [5.74, 6) is -0.728. The first-order valence-electron chi connectivity index (χ1n) is 8.57. The van der Waals surface area contributed by atoms with Crippen LogP contribution in [0.25, 0.3) is 0 Å². The largest absolute Gasteiger partial charge is 0.573 e. The number of nitrogens with two attached hydrogens (primary N) is 1. The minimum Gasteiger partial charge on any atom is -0.406 e. The standard InChI is InChI=1S/C19H16F4N4O2S/c20-12-3-1-11(2-4-12)9-15(24)16-10-30-18(26-16)27-17(28)25-13-5-7-14(8-6-13)29-19(21,22)23/h1-8,10,15H,9,24H2,(H2,25,26,27,28). The number of benzene rings is 2. The number of alkyl halides is 3. The smallest absolute Gasteiger partial charge is 0.406 e. The van der Waals surface area contributed by atoms with Crippen LogP contribution in [0.2, 0.25) is 0 Å². The number of nitrogens with one attached hydrogen (secondary N) is 2. The number of rotatable bonds is 6. The van der Waals surface area contributed by atoms with Crippen LogP contribution in [0, 0.1) is 5.82 Å². The zero-order valence-corrected chi connectivity index (χ0v) is 16.1. The number of thiazole rings is 1. The quantitative estimate of drug-likeness (QED) is 0.467. The Morgan fingerprint density at radius 1 is 1.10 bits per heavy atom. The molecule has 158 valence electrons. The summed E-state index contributed by atoms with van der Waals surface area (Å²) in [5, 5.41) is 7.01. The summed E-state index contributed by atoms with van der Waals surface area (Å²) in [6.45, 7) is 0. The van der Waals surface area contributed by atoms with Crippen molar-refractivity contribution in [2.45, 2.75) is 18.8 Å². The van der Waals surface area contributed by atoms with Crippen LogP contribution < -0.4 is 21.1 Å². The molecule has 1 atom stereocenters. The van der Waals surface area contributed by atoms with E-state index < -0.39 is 24.2 Å². The number of carbonyl (C=O) groups is 1. The Kier molecular flexibility index (Phi) is 6.53. The van der Waals surface area contributed by atoms with E-state index in [4.69, 9.17) is 5.73 Å². The summed E-state index contributed by atoms with van der Waals surface area (Å²) >= 11 is 1.17. The average Bonchev–Trinajstić information content (AvgIpc) is 3.12. The monoisotopic (exact) mass is 440 g/mol. The molecule has 1 unspecified atom stereocenters. The van der Waals surface area contributed by atoms with E-state index in [2.05, 4.69) is 20.4 Å². The van der Waals surface area contributed by atoms with E-state index in [0.717, 1.165) is 17.7 Å². The van der Waals surface area contributed by atoms with Crippen LogP contribution >= 0.6 is 11.3 Å². The van der Waals surface area contributed by atoms with E-state index in [0.29, 0.717) is 17.2 Å². The molecule has 1 heterocycles. The highest BCUT2D eigenvalue weighted by Gasteiger charge is 2.30. The SMILES string of the molecule is NC(Cc1ccc(F)cc1)c1csc(NC(=O)Nc2ccc(OC(F)(F)F)cc2)n1. The summed E-state index contributed by atoms with van der Waals surface area (Å²) in [7, 11) is 0. The number of aromatic nitrogens is 1. The second-order valence-corrected chi connectivity index (χ2v) is 7.02. The third kappa shape index (κ3) is 6.42. The Balaban J connectivity index is 1.53. The van der Waals surface area contributed by atoms with Gasteiger partial charge in [0.25, 0.3) is 0 Å². The zero-order chi connectivity index (χ0) is 21.7. The van der Waals surface area contributed by atoms with Gasteiger partial charge < -0.3 is 15.8 Å². The zero-order valence-electron chi connectivity index (χ0n) is 15.2. The van der Waals surface area contributed by atoms with Gasteiger partial charge in [-0.05, 0) is 48.4 Å². The predicted octanol–water partition coefficient (Wildman–Crippen LogP) is 5.07. The first-order chi connectivity index (χ1) is 14.2. The van der Waals surface area contributed by atoms with Gasteiger partial charge in [-0.15, -0.1) is 24.5 Å². The third-order valence-electron chi connectivity index (χ3n) is 3.84. The Morgan fingerprint density at radius 2 is 1.77 bits per heavy atom. The van der Waals surface area contributed by atoms with Crippen LogP contribution in [0.5, 0.6) is 5.75 Å². The molecule has 3 aromatic rings. The van der Waals surface area contributed by atoms with E-state index in [1.54, 1.807) is 17.5 Å². The number of ether oxygens (including phenoxy) is 1. The molecule has 4 N–H and O–H groups in total. The number of nitrogens with zero attached hydrogens (tertiary/aromatic N) is 1. The lowest BCUT2D eigenvalue weighted by Gasteiger charge is -2.10. The minimum absolute atomic E-state index is 0.270. The maximum absolute atomic E-state index is 13.0. The highest BCUT2D eigenvalue weighted by Crippen LogP contribution is 2.25. The number of carbonyl (C=O) groups excluding carboxylic acids is 1. The molecule has 0 aliphatic heterocycles. The van der Waals surface area contributed by atoms with Gasteiger partial charge in [-0.2, -0.15) is 0 Å². The number of urea groups is 1. The molecular weight excluding hydrogens is 424 g/mol. The van der Waals surface area contributed by atoms with Crippen LogP contribution in [-0.4, -0.2) is 17.4 Å². The summed E-state index contributed by atoms with van der Waals surface area (Å²) in [4.78, 5) is 16.3. The Labute approximate surface area is 172 Å². The Hall–Kier alpha value is -3.18. The van der Waals surface area contributed by atoms with Crippen molar-refractivity contribution >= 4 is 28.2 Å². The molecule has 0 aliphatic carbocycles. The fraction of sp³-hybridized carbons (Fsp3) is 0.158. The lowest BCUT2D eigenvalue weighted by molar-refractivity contribution is -0.274. The Bertz CT molecular complexity index is 991. The summed E-state index contributed by atoms with van der Waals surface area (Å²) in [6.07, 6.45) is -4.34. The molecule has 0 radical (unpaired) electrons. The van der Waals surface area contributed by atoms with Gasteiger partial charge in [0.1, 0.15) is 11.6 Å². The molecule has 3 rings (SSSR count). The van der Waals surface area contributed by atoms with E-state index in [1.165, 1.54) is 35.6 Å². The lowest BCUT2D eigenvalue weighted by atomic mass is 10.0. The number of amides is 2. The van der Waals surface area contributed by atoms with Crippen LogP contribution in [-0.2, 0) is 6.42 Å². The van der Waals surface area contributed by atoms with Gasteiger partial charge in [0.2, 0.25) is 0 Å². The summed E-state index contributed by atoms with van der Waals surface area (Å²) in [6, 6.07) is 9.62. The van der Waals surface area contributed by atoms with Crippen LogP contribution in [0.4, 0.5) is 33.2 Å². The molecule has 6 nitrogen and oxygen atoms in total. The van der Waals surface area contributed by atoms with Crippen molar-refractivity contribution in [2.75, 3.05) is 10.6 Å². The summed E-state index contributed by atoms with van der Waals surface area (Å²) in [5.41, 5.74) is 7.80. The van der Waals surface area contributed by atoms with Crippen molar-refractivity contribution in [3.63, 3.8) is 0 Å². The third-order valence-corrected chi connectivity index (χ3v) is 4.61. The van der Waals surface area contributed by atoms with Crippen LogP contribution in [0.1, 0.15) is 17.3 Å². The lowest BCUT2D eigenvalue weighted by Crippen LogP contribution is -2.20. The van der Waals surface area contributed by atoms with Crippen molar-refractivity contribution in [2.24, 2.45) is 5.73 Å². The molecule has 11 heteroatoms. The van der Waals surface area contributed by atoms with Gasteiger partial charge in [-0.1, -0.05) is 12.1 Å². The van der Waals surface area contributed by atoms with E-state index in [9.17, 15) is 22.4 Å². The molecule has 0 fully saturated rings. The molecule has 0 aliphatic rings. The van der Waals surface area contributed by atoms with Gasteiger partial charge in [0.15, 0.2) is 5.13 Å². The topological polar surface area (TPSA) is 89.3 Å². The van der Waals surface area contributed by atoms with Gasteiger partial charge in [0, 0.05) is 11.1 Å². The van der Waals surface area contributed by atoms with E-state index >= 15 is 0 Å². The maximum atomic E-state index is 13.0. The second-order valence-electron chi connectivity index (χ2n) is 6.17. The average molecular weight is 440 g/mol. The molecule has 2 amide bonds. The fourth-order valence-corrected chi connectivity index (χ4v) is 3.26. The fourth-order valence-electron chi connectivity index (χ4n) is 2.49. The van der Waals surface area contributed by atoms with Gasteiger partial charge in [-0.25, -0.2) is 14.2 Å². The van der Waals surface area contributed by atoms with Crippen LogP contribution in [0.15, 0.2) is 53.9 Å². The first-order valence-corrected chi connectivity index (χ1v) is 9.45. The summed E-state index contributed by atoms with van der Waals surface area (Å²) < 4.78 is 53.2. The number of hydrogen-bond acceptors (Lipinski definition) is 5. The molecule has 0 spiro atoms. The van der Waals surface area contributed by atoms with Crippen molar-refractivity contribution in [1.29, 1.82) is 0 Å². The molecule has 0 saturated carbocycles. The highest BCUT2D eigenvalue weighted by molar-refractivity contribution is 7.13. The van der Waals surface area contributed by atoms with Crippen molar-refractivity contribution in [1.82, 2.24) is 4.98 Å². The van der Waals surface area contributed by atoms with Crippen LogP contribution in [0.3, 0.4) is 0 Å². The molecule has 0 saturated heterocycles. The van der Waals surface area contributed by atoms with Gasteiger partial charge >= 0.3 is 12.4 Å². The number of halogens is 4. The van der Waals surface area contributed by atoms with E-state index in [1.807, 2.05) is 0 Å². The van der Waals surface area contributed by atoms with Gasteiger partial charge in [0.05, 0.1) is 11.7 Å². The molecule has 1 aromatic heterocycles. The van der Waals surface area contributed by atoms with Crippen molar-refractivity contribution in [3.8, 4) is 5.75 Å². The normalized spacial score (nSPS) is 12.3. The van der Waals surface area contributed by atoms with E-state index in [-0.39, 0.29) is 11.5 Å². The minimum atomic E-state index is -4.79. The number of anilines is 2. The molecular formula is C19H16F4N4O2S.